The molecule has 1 heterocycles. The third-order valence-electron chi connectivity index (χ3n) is 1.61. The van der Waals surface area contributed by atoms with Crippen LogP contribution in [0.3, 0.4) is 0 Å². The highest BCUT2D eigenvalue weighted by molar-refractivity contribution is 6.27. The van der Waals surface area contributed by atoms with Crippen molar-refractivity contribution in [3.63, 3.8) is 0 Å². The zero-order chi connectivity index (χ0) is 9.68. The van der Waals surface area contributed by atoms with Crippen LogP contribution < -0.4 is 5.32 Å². The fourth-order valence-electron chi connectivity index (χ4n) is 0.929. The van der Waals surface area contributed by atoms with Crippen LogP contribution in [0.15, 0.2) is 0 Å². The normalized spacial score (nSPS) is 10.0. The van der Waals surface area contributed by atoms with E-state index in [0.29, 0.717) is 6.54 Å². The number of aryl methyl sites for hydroxylation is 1. The van der Waals surface area contributed by atoms with Crippen LogP contribution in [0, 0.1) is 0 Å². The SMILES string of the molecule is CCc1n[nH]nc1CNC(=O)CCl. The van der Waals surface area contributed by atoms with Crippen molar-refractivity contribution >= 4 is 17.5 Å². The van der Waals surface area contributed by atoms with Gasteiger partial charge in [-0.25, -0.2) is 0 Å². The van der Waals surface area contributed by atoms with E-state index in [1.165, 1.54) is 0 Å². The van der Waals surface area contributed by atoms with Gasteiger partial charge in [-0.1, -0.05) is 6.92 Å². The fraction of sp³-hybridized carbons (Fsp3) is 0.571. The standard InChI is InChI=1S/C7H11ClN4O/c1-2-5-6(11-12-10-5)4-9-7(13)3-8/h2-4H2,1H3,(H,9,13)(H,10,11,12). The number of rotatable bonds is 4. The molecule has 0 saturated carbocycles. The van der Waals surface area contributed by atoms with Crippen LogP contribution in [0.25, 0.3) is 0 Å². The quantitative estimate of drug-likeness (QED) is 0.687. The van der Waals surface area contributed by atoms with Crippen LogP contribution in [0.2, 0.25) is 0 Å². The summed E-state index contributed by atoms with van der Waals surface area (Å²) in [7, 11) is 0. The first-order valence-corrected chi connectivity index (χ1v) is 4.52. The number of aromatic amines is 1. The predicted octanol–water partition coefficient (Wildman–Crippen LogP) is 0.222. The molecule has 0 radical (unpaired) electrons. The van der Waals surface area contributed by atoms with Gasteiger partial charge in [-0.05, 0) is 6.42 Å². The van der Waals surface area contributed by atoms with Crippen molar-refractivity contribution in [3.05, 3.63) is 11.4 Å². The maximum absolute atomic E-state index is 10.8. The summed E-state index contributed by atoms with van der Waals surface area (Å²) in [6.07, 6.45) is 0.794. The highest BCUT2D eigenvalue weighted by Gasteiger charge is 2.06. The lowest BCUT2D eigenvalue weighted by Gasteiger charge is -1.99. The Labute approximate surface area is 80.9 Å². The lowest BCUT2D eigenvalue weighted by Crippen LogP contribution is -2.24. The Morgan fingerprint density at radius 2 is 2.23 bits per heavy atom. The Kier molecular flexibility index (Phi) is 3.70. The summed E-state index contributed by atoms with van der Waals surface area (Å²) >= 11 is 5.31. The molecule has 6 heteroatoms. The van der Waals surface area contributed by atoms with Gasteiger partial charge in [-0.2, -0.15) is 15.4 Å². The minimum absolute atomic E-state index is 0.0285. The molecule has 0 fully saturated rings. The summed E-state index contributed by atoms with van der Waals surface area (Å²) in [5.41, 5.74) is 1.64. The maximum Gasteiger partial charge on any atom is 0.235 e. The largest absolute Gasteiger partial charge is 0.349 e. The summed E-state index contributed by atoms with van der Waals surface area (Å²) in [6, 6.07) is 0. The fourth-order valence-corrected chi connectivity index (χ4v) is 1.02. The maximum atomic E-state index is 10.8. The topological polar surface area (TPSA) is 70.7 Å². The van der Waals surface area contributed by atoms with Crippen LogP contribution in [0.5, 0.6) is 0 Å². The zero-order valence-electron chi connectivity index (χ0n) is 7.30. The molecule has 0 bridgehead atoms. The van der Waals surface area contributed by atoms with E-state index in [1.807, 2.05) is 6.92 Å². The number of H-pyrrole nitrogens is 1. The average Bonchev–Trinajstić information content (AvgIpc) is 2.61. The van der Waals surface area contributed by atoms with Gasteiger partial charge < -0.3 is 5.32 Å². The second-order valence-electron chi connectivity index (χ2n) is 2.48. The van der Waals surface area contributed by atoms with Crippen molar-refractivity contribution in [2.75, 3.05) is 5.88 Å². The van der Waals surface area contributed by atoms with E-state index in [2.05, 4.69) is 20.7 Å². The van der Waals surface area contributed by atoms with E-state index < -0.39 is 0 Å². The van der Waals surface area contributed by atoms with Gasteiger partial charge in [0.05, 0.1) is 12.2 Å². The molecule has 0 aromatic carbocycles. The van der Waals surface area contributed by atoms with Gasteiger partial charge in [-0.15, -0.1) is 11.6 Å². The van der Waals surface area contributed by atoms with Gasteiger partial charge in [0.2, 0.25) is 5.91 Å². The number of halogens is 1. The smallest absolute Gasteiger partial charge is 0.235 e. The minimum Gasteiger partial charge on any atom is -0.349 e. The minimum atomic E-state index is -0.202. The van der Waals surface area contributed by atoms with Crippen LogP contribution in [0.4, 0.5) is 0 Å². The van der Waals surface area contributed by atoms with Gasteiger partial charge in [0.15, 0.2) is 0 Å². The molecule has 1 aromatic heterocycles. The molecule has 5 nitrogen and oxygen atoms in total. The van der Waals surface area contributed by atoms with Crippen LogP contribution in [0.1, 0.15) is 18.3 Å². The van der Waals surface area contributed by atoms with E-state index in [-0.39, 0.29) is 11.8 Å². The van der Waals surface area contributed by atoms with Gasteiger partial charge in [0.25, 0.3) is 0 Å². The Morgan fingerprint density at radius 3 is 2.85 bits per heavy atom. The Hall–Kier alpha value is -1.10. The first-order chi connectivity index (χ1) is 6.27. The van der Waals surface area contributed by atoms with Crippen molar-refractivity contribution in [2.24, 2.45) is 0 Å². The summed E-state index contributed by atoms with van der Waals surface area (Å²) in [5, 5.41) is 12.9. The molecule has 0 aliphatic rings. The Balaban J connectivity index is 2.49. The Bertz CT molecular complexity index is 286. The van der Waals surface area contributed by atoms with Crippen molar-refractivity contribution in [1.29, 1.82) is 0 Å². The Morgan fingerprint density at radius 1 is 1.54 bits per heavy atom. The molecule has 13 heavy (non-hydrogen) atoms. The molecular formula is C7H11ClN4O. The highest BCUT2D eigenvalue weighted by atomic mass is 35.5. The molecule has 0 aliphatic heterocycles. The molecule has 2 N–H and O–H groups in total. The van der Waals surface area contributed by atoms with E-state index in [0.717, 1.165) is 17.8 Å². The molecule has 0 unspecified atom stereocenters. The molecule has 0 atom stereocenters. The highest BCUT2D eigenvalue weighted by Crippen LogP contribution is 2.00. The zero-order valence-corrected chi connectivity index (χ0v) is 8.06. The molecule has 0 saturated heterocycles. The van der Waals surface area contributed by atoms with Crippen LogP contribution >= 0.6 is 11.6 Å². The number of alkyl halides is 1. The molecule has 0 spiro atoms. The third-order valence-corrected chi connectivity index (χ3v) is 1.86. The second-order valence-corrected chi connectivity index (χ2v) is 2.75. The summed E-state index contributed by atoms with van der Waals surface area (Å²) in [4.78, 5) is 10.8. The number of carbonyl (C=O) groups is 1. The first kappa shape index (κ1) is 9.98. The average molecular weight is 203 g/mol. The van der Waals surface area contributed by atoms with Crippen LogP contribution in [-0.4, -0.2) is 27.2 Å². The molecule has 1 rings (SSSR count). The summed E-state index contributed by atoms with van der Waals surface area (Å²) < 4.78 is 0. The predicted molar refractivity (Wildman–Crippen MR) is 48.3 cm³/mol. The lowest BCUT2D eigenvalue weighted by molar-refractivity contribution is -0.118. The number of nitrogens with one attached hydrogen (secondary N) is 2. The van der Waals surface area contributed by atoms with E-state index in [4.69, 9.17) is 11.6 Å². The summed E-state index contributed by atoms with van der Waals surface area (Å²) in [5.74, 6) is -0.231. The van der Waals surface area contributed by atoms with Gasteiger partial charge in [-0.3, -0.25) is 4.79 Å². The van der Waals surface area contributed by atoms with E-state index >= 15 is 0 Å². The molecule has 1 aromatic rings. The summed E-state index contributed by atoms with van der Waals surface area (Å²) in [6.45, 7) is 2.36. The number of carbonyl (C=O) groups excluding carboxylic acids is 1. The van der Waals surface area contributed by atoms with Gasteiger partial charge >= 0.3 is 0 Å². The monoisotopic (exact) mass is 202 g/mol. The van der Waals surface area contributed by atoms with E-state index in [9.17, 15) is 4.79 Å². The van der Waals surface area contributed by atoms with Crippen molar-refractivity contribution < 1.29 is 4.79 Å². The number of amides is 1. The molecule has 72 valence electrons. The molecule has 0 aliphatic carbocycles. The van der Waals surface area contributed by atoms with Gasteiger partial charge in [0.1, 0.15) is 11.6 Å². The van der Waals surface area contributed by atoms with Crippen LogP contribution in [-0.2, 0) is 17.8 Å². The molecule has 1 amide bonds. The number of nitrogens with zero attached hydrogens (tertiary/aromatic N) is 2. The number of aromatic nitrogens is 3. The van der Waals surface area contributed by atoms with E-state index in [1.54, 1.807) is 0 Å². The van der Waals surface area contributed by atoms with Crippen molar-refractivity contribution in [3.8, 4) is 0 Å². The van der Waals surface area contributed by atoms with Crippen molar-refractivity contribution in [1.82, 2.24) is 20.7 Å². The number of hydrogen-bond acceptors (Lipinski definition) is 3. The lowest BCUT2D eigenvalue weighted by atomic mass is 10.2. The van der Waals surface area contributed by atoms with Gasteiger partial charge in [0, 0.05) is 0 Å². The third kappa shape index (κ3) is 2.69. The second kappa shape index (κ2) is 4.81. The molecular weight excluding hydrogens is 192 g/mol. The first-order valence-electron chi connectivity index (χ1n) is 3.99. The number of hydrogen-bond donors (Lipinski definition) is 2. The van der Waals surface area contributed by atoms with Crippen molar-refractivity contribution in [2.45, 2.75) is 19.9 Å².